The molecule has 0 unspecified atom stereocenters. The molecule has 0 aromatic carbocycles. The minimum atomic E-state index is -0.937. The Labute approximate surface area is 159 Å². The van der Waals surface area contributed by atoms with E-state index in [2.05, 4.69) is 0 Å². The van der Waals surface area contributed by atoms with E-state index in [1.54, 1.807) is 20.8 Å². The molecule has 2 aliphatic rings. The highest BCUT2D eigenvalue weighted by Gasteiger charge is 2.37. The molecule has 1 aromatic rings. The monoisotopic (exact) mass is 377 g/mol. The van der Waals surface area contributed by atoms with Crippen molar-refractivity contribution in [3.05, 3.63) is 34.4 Å². The number of amides is 2. The molecule has 6 nitrogen and oxygen atoms in total. The van der Waals surface area contributed by atoms with E-state index < -0.39 is 11.5 Å². The summed E-state index contributed by atoms with van der Waals surface area (Å²) in [7, 11) is 0. The van der Waals surface area contributed by atoms with E-state index in [0.29, 0.717) is 17.2 Å². The fourth-order valence-corrected chi connectivity index (χ4v) is 3.66. The molecule has 1 fully saturated rings. The van der Waals surface area contributed by atoms with Crippen LogP contribution in [0.2, 0.25) is 0 Å². The lowest BCUT2D eigenvalue weighted by atomic mass is 9.91. The number of nitrogens with two attached hydrogens (primary N) is 1. The van der Waals surface area contributed by atoms with Gasteiger partial charge in [0, 0.05) is 42.0 Å². The van der Waals surface area contributed by atoms with Gasteiger partial charge in [-0.1, -0.05) is 20.8 Å². The second-order valence-electron chi connectivity index (χ2n) is 8.49. The second kappa shape index (κ2) is 7.02. The number of rotatable bonds is 5. The van der Waals surface area contributed by atoms with Gasteiger partial charge in [0.2, 0.25) is 0 Å². The molecule has 0 spiro atoms. The van der Waals surface area contributed by atoms with E-state index in [1.165, 1.54) is 0 Å². The zero-order chi connectivity index (χ0) is 19.9. The van der Waals surface area contributed by atoms with Gasteiger partial charge in [0.05, 0.1) is 5.56 Å². The zero-order valence-corrected chi connectivity index (χ0v) is 16.5. The molecule has 0 bridgehead atoms. The van der Waals surface area contributed by atoms with Crippen LogP contribution in [0.3, 0.4) is 0 Å². The number of ether oxygens (including phenoxy) is 1. The van der Waals surface area contributed by atoms with Crippen molar-refractivity contribution in [3.63, 3.8) is 0 Å². The van der Waals surface area contributed by atoms with E-state index in [-0.39, 0.29) is 24.9 Å². The van der Waals surface area contributed by atoms with E-state index in [0.717, 1.165) is 37.1 Å². The summed E-state index contributed by atoms with van der Waals surface area (Å²) in [6, 6.07) is 0.382. The van der Waals surface area contributed by atoms with Crippen LogP contribution in [0.1, 0.15) is 55.2 Å². The number of halogens is 1. The van der Waals surface area contributed by atoms with E-state index >= 15 is 0 Å². The summed E-state index contributed by atoms with van der Waals surface area (Å²) in [6.07, 6.45) is 3.84. The third-order valence-corrected chi connectivity index (χ3v) is 5.28. The third-order valence-electron chi connectivity index (χ3n) is 5.28. The average molecular weight is 377 g/mol. The normalized spacial score (nSPS) is 18.3. The van der Waals surface area contributed by atoms with Crippen molar-refractivity contribution >= 4 is 12.0 Å². The first-order valence-electron chi connectivity index (χ1n) is 9.39. The summed E-state index contributed by atoms with van der Waals surface area (Å²) in [5.74, 6) is -0.267. The minimum absolute atomic E-state index is 0.0656. The smallest absolute Gasteiger partial charge is 0.404 e. The molecular weight excluding hydrogens is 349 g/mol. The number of carbonyl (C=O) groups excluding carboxylic acids is 2. The van der Waals surface area contributed by atoms with Gasteiger partial charge in [0.1, 0.15) is 12.4 Å². The SMILES string of the molecule is Cc1c2c(cn1CC(COC(N)=O)=C(F)C(C)(C)C)C(=O)N(C1CC1)CC2. The van der Waals surface area contributed by atoms with Crippen LogP contribution < -0.4 is 5.73 Å². The predicted octanol–water partition coefficient (Wildman–Crippen LogP) is 3.32. The van der Waals surface area contributed by atoms with Crippen LogP contribution in [-0.2, 0) is 17.7 Å². The van der Waals surface area contributed by atoms with Crippen LogP contribution in [0.5, 0.6) is 0 Å². The quantitative estimate of drug-likeness (QED) is 0.855. The molecule has 27 heavy (non-hydrogen) atoms. The van der Waals surface area contributed by atoms with Crippen molar-refractivity contribution in [2.75, 3.05) is 13.2 Å². The highest BCUT2D eigenvalue weighted by molar-refractivity contribution is 5.97. The number of fused-ring (bicyclic) bond motifs is 1. The molecule has 2 amide bonds. The summed E-state index contributed by atoms with van der Waals surface area (Å²) >= 11 is 0. The molecule has 0 radical (unpaired) electrons. The molecule has 1 aliphatic carbocycles. The van der Waals surface area contributed by atoms with Gasteiger partial charge in [-0.15, -0.1) is 0 Å². The van der Waals surface area contributed by atoms with Gasteiger partial charge in [-0.3, -0.25) is 4.79 Å². The molecule has 7 heteroatoms. The summed E-state index contributed by atoms with van der Waals surface area (Å²) < 4.78 is 21.7. The number of nitrogens with zero attached hydrogens (tertiary/aromatic N) is 2. The Morgan fingerprint density at radius 2 is 2.04 bits per heavy atom. The zero-order valence-electron chi connectivity index (χ0n) is 16.5. The maximum Gasteiger partial charge on any atom is 0.404 e. The summed E-state index contributed by atoms with van der Waals surface area (Å²) in [5, 5.41) is 0. The molecular formula is C20H28FN3O3. The largest absolute Gasteiger partial charge is 0.445 e. The van der Waals surface area contributed by atoms with Crippen LogP contribution in [0.25, 0.3) is 0 Å². The van der Waals surface area contributed by atoms with Crippen LogP contribution in [0.15, 0.2) is 17.6 Å². The first-order chi connectivity index (χ1) is 12.6. The van der Waals surface area contributed by atoms with Gasteiger partial charge in [-0.05, 0) is 31.7 Å². The predicted molar refractivity (Wildman–Crippen MR) is 100 cm³/mol. The number of hydrogen-bond donors (Lipinski definition) is 1. The van der Waals surface area contributed by atoms with Crippen molar-refractivity contribution < 1.29 is 18.7 Å². The van der Waals surface area contributed by atoms with Crippen molar-refractivity contribution in [3.8, 4) is 0 Å². The van der Waals surface area contributed by atoms with Crippen molar-refractivity contribution in [2.45, 2.75) is 59.5 Å². The molecule has 2 heterocycles. The fraction of sp³-hybridized carbons (Fsp3) is 0.600. The molecule has 3 rings (SSSR count). The third kappa shape index (κ3) is 4.01. The van der Waals surface area contributed by atoms with E-state index in [4.69, 9.17) is 10.5 Å². The van der Waals surface area contributed by atoms with Gasteiger partial charge in [-0.2, -0.15) is 0 Å². The van der Waals surface area contributed by atoms with Crippen LogP contribution >= 0.6 is 0 Å². The van der Waals surface area contributed by atoms with Gasteiger partial charge < -0.3 is 19.9 Å². The van der Waals surface area contributed by atoms with Gasteiger partial charge >= 0.3 is 6.09 Å². The van der Waals surface area contributed by atoms with E-state index in [1.807, 2.05) is 22.6 Å². The summed E-state index contributed by atoms with van der Waals surface area (Å²) in [5.41, 5.74) is 7.38. The first kappa shape index (κ1) is 19.5. The Bertz CT molecular complexity index is 800. The molecule has 2 N–H and O–H groups in total. The summed E-state index contributed by atoms with van der Waals surface area (Å²) in [6.45, 7) is 7.98. The number of carbonyl (C=O) groups is 2. The van der Waals surface area contributed by atoms with Crippen molar-refractivity contribution in [2.24, 2.45) is 11.1 Å². The number of aromatic nitrogens is 1. The van der Waals surface area contributed by atoms with Crippen LogP contribution in [-0.4, -0.2) is 40.7 Å². The minimum Gasteiger partial charge on any atom is -0.445 e. The van der Waals surface area contributed by atoms with Crippen LogP contribution in [0.4, 0.5) is 9.18 Å². The lowest BCUT2D eigenvalue weighted by Crippen LogP contribution is -2.38. The Kier molecular flexibility index (Phi) is 5.06. The highest BCUT2D eigenvalue weighted by Crippen LogP contribution is 2.34. The lowest BCUT2D eigenvalue weighted by molar-refractivity contribution is 0.0727. The standard InChI is InChI=1S/C20H28FN3O3/c1-12-15-7-8-24(14-5-6-14)18(25)16(15)10-23(12)9-13(11-27-19(22)26)17(21)20(2,3)4/h10,14H,5-9,11H2,1-4H3,(H2,22,26). The second-order valence-corrected chi connectivity index (χ2v) is 8.49. The Morgan fingerprint density at radius 3 is 2.59 bits per heavy atom. The number of primary amides is 1. The van der Waals surface area contributed by atoms with Crippen molar-refractivity contribution in [1.29, 1.82) is 0 Å². The van der Waals surface area contributed by atoms with Crippen molar-refractivity contribution in [1.82, 2.24) is 9.47 Å². The lowest BCUT2D eigenvalue weighted by Gasteiger charge is -2.27. The molecule has 1 saturated carbocycles. The van der Waals surface area contributed by atoms with Gasteiger partial charge in [0.25, 0.3) is 5.91 Å². The maximum absolute atomic E-state index is 14.9. The first-order valence-corrected chi connectivity index (χ1v) is 9.39. The Morgan fingerprint density at radius 1 is 1.37 bits per heavy atom. The topological polar surface area (TPSA) is 77.6 Å². The average Bonchev–Trinajstić information content (AvgIpc) is 3.36. The summed E-state index contributed by atoms with van der Waals surface area (Å²) in [4.78, 5) is 25.8. The fourth-order valence-electron chi connectivity index (χ4n) is 3.66. The highest BCUT2D eigenvalue weighted by atomic mass is 19.1. The van der Waals surface area contributed by atoms with Crippen LogP contribution in [0, 0.1) is 12.3 Å². The number of hydrogen-bond acceptors (Lipinski definition) is 3. The molecule has 1 aliphatic heterocycles. The Balaban J connectivity index is 1.90. The maximum atomic E-state index is 14.9. The van der Waals surface area contributed by atoms with E-state index in [9.17, 15) is 14.0 Å². The van der Waals surface area contributed by atoms with Gasteiger partial charge in [-0.25, -0.2) is 9.18 Å². The van der Waals surface area contributed by atoms with Gasteiger partial charge in [0.15, 0.2) is 0 Å². The molecule has 1 aromatic heterocycles. The molecule has 0 saturated heterocycles. The molecule has 148 valence electrons. The number of allylic oxidation sites excluding steroid dienone is 1. The Hall–Kier alpha value is -2.31. The molecule has 0 atom stereocenters.